The van der Waals surface area contributed by atoms with Crippen LogP contribution in [0.5, 0.6) is 0 Å². The van der Waals surface area contributed by atoms with Gasteiger partial charge < -0.3 is 15.0 Å². The molecule has 1 aromatic heterocycles. The van der Waals surface area contributed by atoms with Crippen LogP contribution in [0.3, 0.4) is 0 Å². The second-order valence-electron chi connectivity index (χ2n) is 4.94. The molecule has 2 N–H and O–H groups in total. The second-order valence-corrected chi connectivity index (χ2v) is 4.94. The molecule has 2 rings (SSSR count). The molecule has 0 atom stereocenters. The molecule has 1 aliphatic heterocycles. The minimum absolute atomic E-state index is 0.229. The third-order valence-corrected chi connectivity index (χ3v) is 3.52. The predicted octanol–water partition coefficient (Wildman–Crippen LogP) is -0.215. The highest BCUT2D eigenvalue weighted by molar-refractivity contribution is 4.87. The van der Waals surface area contributed by atoms with E-state index in [2.05, 4.69) is 0 Å². The van der Waals surface area contributed by atoms with Crippen molar-refractivity contribution in [3.63, 3.8) is 0 Å². The van der Waals surface area contributed by atoms with E-state index in [1.54, 1.807) is 10.8 Å². The van der Waals surface area contributed by atoms with Crippen LogP contribution in [0.15, 0.2) is 21.9 Å². The number of nitrogens with two attached hydrogens (primary N) is 1. The number of rotatable bonds is 5. The first-order valence-electron chi connectivity index (χ1n) is 6.80. The Morgan fingerprint density at radius 1 is 1.32 bits per heavy atom. The van der Waals surface area contributed by atoms with Gasteiger partial charge in [0, 0.05) is 38.6 Å². The molecular formula is C13H21N3O3. The fourth-order valence-electron chi connectivity index (χ4n) is 2.36. The Kier molecular flexibility index (Phi) is 4.93. The van der Waals surface area contributed by atoms with Gasteiger partial charge in [-0.3, -0.25) is 9.36 Å². The van der Waals surface area contributed by atoms with Crippen LogP contribution < -0.4 is 17.0 Å². The summed E-state index contributed by atoms with van der Waals surface area (Å²) in [5.74, 6) is 0.451. The number of hydrogen-bond donors (Lipinski definition) is 1. The maximum atomic E-state index is 12.2. The minimum atomic E-state index is -0.248. The number of ether oxygens (including phenoxy) is 1. The van der Waals surface area contributed by atoms with Crippen LogP contribution in [0.4, 0.5) is 0 Å². The van der Waals surface area contributed by atoms with Gasteiger partial charge in [-0.2, -0.15) is 0 Å². The molecule has 19 heavy (non-hydrogen) atoms. The Bertz CT molecular complexity index is 515. The molecule has 1 aliphatic rings. The summed E-state index contributed by atoms with van der Waals surface area (Å²) in [6.45, 7) is 3.03. The van der Waals surface area contributed by atoms with Crippen molar-refractivity contribution in [2.45, 2.75) is 32.4 Å². The highest BCUT2D eigenvalue weighted by atomic mass is 16.5. The molecule has 0 aliphatic carbocycles. The van der Waals surface area contributed by atoms with Gasteiger partial charge >= 0.3 is 5.69 Å². The third-order valence-electron chi connectivity index (χ3n) is 3.52. The van der Waals surface area contributed by atoms with Crippen molar-refractivity contribution in [3.05, 3.63) is 33.1 Å². The van der Waals surface area contributed by atoms with Crippen LogP contribution in [-0.2, 0) is 17.8 Å². The molecule has 2 heterocycles. The molecule has 6 heteroatoms. The molecule has 0 spiro atoms. The summed E-state index contributed by atoms with van der Waals surface area (Å²) in [6, 6.07) is 1.46. The average molecular weight is 267 g/mol. The first-order chi connectivity index (χ1) is 9.22. The van der Waals surface area contributed by atoms with E-state index >= 15 is 0 Å². The van der Waals surface area contributed by atoms with Crippen molar-refractivity contribution < 1.29 is 4.74 Å². The fourth-order valence-corrected chi connectivity index (χ4v) is 2.36. The zero-order valence-corrected chi connectivity index (χ0v) is 11.1. The Balaban J connectivity index is 2.16. The van der Waals surface area contributed by atoms with Crippen LogP contribution in [0.1, 0.15) is 19.3 Å². The van der Waals surface area contributed by atoms with E-state index in [9.17, 15) is 9.59 Å². The summed E-state index contributed by atoms with van der Waals surface area (Å²) < 4.78 is 8.21. The largest absolute Gasteiger partial charge is 0.381 e. The summed E-state index contributed by atoms with van der Waals surface area (Å²) >= 11 is 0. The van der Waals surface area contributed by atoms with Crippen molar-refractivity contribution in [3.8, 4) is 0 Å². The molecule has 0 amide bonds. The van der Waals surface area contributed by atoms with Crippen molar-refractivity contribution in [2.75, 3.05) is 19.8 Å². The van der Waals surface area contributed by atoms with Gasteiger partial charge in [0.05, 0.1) is 0 Å². The summed E-state index contributed by atoms with van der Waals surface area (Å²) in [4.78, 5) is 23.9. The highest BCUT2D eigenvalue weighted by Gasteiger charge is 2.15. The average Bonchev–Trinajstić information content (AvgIpc) is 2.43. The maximum Gasteiger partial charge on any atom is 0.330 e. The quantitative estimate of drug-likeness (QED) is 0.800. The molecule has 106 valence electrons. The van der Waals surface area contributed by atoms with E-state index in [1.165, 1.54) is 10.6 Å². The third kappa shape index (κ3) is 3.54. The highest BCUT2D eigenvalue weighted by Crippen LogP contribution is 2.15. The van der Waals surface area contributed by atoms with Gasteiger partial charge in [-0.25, -0.2) is 4.79 Å². The van der Waals surface area contributed by atoms with Crippen LogP contribution >= 0.6 is 0 Å². The van der Waals surface area contributed by atoms with E-state index in [4.69, 9.17) is 10.5 Å². The van der Waals surface area contributed by atoms with Crippen LogP contribution in [0.25, 0.3) is 0 Å². The van der Waals surface area contributed by atoms with Gasteiger partial charge in [-0.05, 0) is 31.7 Å². The molecule has 0 bridgehead atoms. The van der Waals surface area contributed by atoms with Crippen molar-refractivity contribution in [2.24, 2.45) is 11.7 Å². The van der Waals surface area contributed by atoms with Gasteiger partial charge in [0.25, 0.3) is 5.56 Å². The Labute approximate surface area is 111 Å². The van der Waals surface area contributed by atoms with E-state index < -0.39 is 0 Å². The van der Waals surface area contributed by atoms with Gasteiger partial charge in [0.15, 0.2) is 0 Å². The SMILES string of the molecule is NCCCn1c(=O)ccn(CC2CCOCC2)c1=O. The Hall–Kier alpha value is -1.40. The lowest BCUT2D eigenvalue weighted by atomic mass is 10.0. The molecule has 1 aromatic rings. The van der Waals surface area contributed by atoms with Gasteiger partial charge in [-0.1, -0.05) is 0 Å². The lowest BCUT2D eigenvalue weighted by Gasteiger charge is -2.22. The van der Waals surface area contributed by atoms with E-state index in [1.807, 2.05) is 0 Å². The molecule has 6 nitrogen and oxygen atoms in total. The van der Waals surface area contributed by atoms with Gasteiger partial charge in [0.1, 0.15) is 0 Å². The Morgan fingerprint density at radius 3 is 2.74 bits per heavy atom. The number of nitrogens with zero attached hydrogens (tertiary/aromatic N) is 2. The minimum Gasteiger partial charge on any atom is -0.381 e. The van der Waals surface area contributed by atoms with E-state index in [0.29, 0.717) is 32.0 Å². The maximum absolute atomic E-state index is 12.2. The Morgan fingerprint density at radius 2 is 2.05 bits per heavy atom. The zero-order chi connectivity index (χ0) is 13.7. The van der Waals surface area contributed by atoms with Crippen LogP contribution in [-0.4, -0.2) is 28.9 Å². The summed E-state index contributed by atoms with van der Waals surface area (Å²) in [5, 5.41) is 0. The lowest BCUT2D eigenvalue weighted by Crippen LogP contribution is -2.40. The summed E-state index contributed by atoms with van der Waals surface area (Å²) in [7, 11) is 0. The van der Waals surface area contributed by atoms with Crippen molar-refractivity contribution in [1.82, 2.24) is 9.13 Å². The molecule has 0 aromatic carbocycles. The van der Waals surface area contributed by atoms with Crippen LogP contribution in [0, 0.1) is 5.92 Å². The molecule has 1 saturated heterocycles. The van der Waals surface area contributed by atoms with Gasteiger partial charge in [-0.15, -0.1) is 0 Å². The van der Waals surface area contributed by atoms with Gasteiger partial charge in [0.2, 0.25) is 0 Å². The summed E-state index contributed by atoms with van der Waals surface area (Å²) in [5.41, 5.74) is 4.95. The first-order valence-corrected chi connectivity index (χ1v) is 6.80. The normalized spacial score (nSPS) is 16.7. The molecule has 1 fully saturated rings. The molecule has 0 saturated carbocycles. The fraction of sp³-hybridized carbons (Fsp3) is 0.692. The standard InChI is InChI=1S/C13H21N3O3/c14-5-1-6-16-12(17)2-7-15(13(16)18)10-11-3-8-19-9-4-11/h2,7,11H,1,3-6,8-10,14H2. The molecular weight excluding hydrogens is 246 g/mol. The number of aromatic nitrogens is 2. The zero-order valence-electron chi connectivity index (χ0n) is 11.1. The first kappa shape index (κ1) is 14.0. The molecule has 0 unspecified atom stereocenters. The van der Waals surface area contributed by atoms with E-state index in [-0.39, 0.29) is 11.2 Å². The van der Waals surface area contributed by atoms with Crippen molar-refractivity contribution in [1.29, 1.82) is 0 Å². The lowest BCUT2D eigenvalue weighted by molar-refractivity contribution is 0.0606. The smallest absolute Gasteiger partial charge is 0.330 e. The topological polar surface area (TPSA) is 79.2 Å². The van der Waals surface area contributed by atoms with Crippen LogP contribution in [0.2, 0.25) is 0 Å². The molecule has 0 radical (unpaired) electrons. The monoisotopic (exact) mass is 267 g/mol. The predicted molar refractivity (Wildman–Crippen MR) is 72.2 cm³/mol. The summed E-state index contributed by atoms with van der Waals surface area (Å²) in [6.07, 6.45) is 4.16. The number of hydrogen-bond acceptors (Lipinski definition) is 4. The van der Waals surface area contributed by atoms with E-state index in [0.717, 1.165) is 26.1 Å². The second kappa shape index (κ2) is 6.68. The van der Waals surface area contributed by atoms with Crippen molar-refractivity contribution >= 4 is 0 Å².